The van der Waals surface area contributed by atoms with Crippen LogP contribution in [0.2, 0.25) is 0 Å². The van der Waals surface area contributed by atoms with Crippen LogP contribution in [0.1, 0.15) is 24.2 Å². The summed E-state index contributed by atoms with van der Waals surface area (Å²) >= 11 is 0. The number of aryl methyl sites for hydroxylation is 1. The molecule has 2 aliphatic heterocycles. The Balaban J connectivity index is 1.41. The van der Waals surface area contributed by atoms with Crippen molar-refractivity contribution in [1.29, 1.82) is 0 Å². The highest BCUT2D eigenvalue weighted by atomic mass is 16.5. The van der Waals surface area contributed by atoms with Gasteiger partial charge in [0.15, 0.2) is 11.6 Å². The van der Waals surface area contributed by atoms with Crippen LogP contribution in [0.4, 0.5) is 5.82 Å². The van der Waals surface area contributed by atoms with E-state index in [4.69, 9.17) is 15.6 Å². The number of hydrogen-bond acceptors (Lipinski definition) is 7. The van der Waals surface area contributed by atoms with Gasteiger partial charge in [-0.3, -0.25) is 4.68 Å². The lowest BCUT2D eigenvalue weighted by Crippen LogP contribution is -2.25. The third-order valence-corrected chi connectivity index (χ3v) is 5.55. The fourth-order valence-corrected chi connectivity index (χ4v) is 4.05. The molecule has 8 heteroatoms. The molecule has 1 fully saturated rings. The largest absolute Gasteiger partial charge is 0.483 e. The SMILES string of the molecule is Nc1ncc(-c2cc3n(n2)CC[C@@]32CCNC2)cc1OCc1cccnn1. The van der Waals surface area contributed by atoms with E-state index in [1.54, 1.807) is 12.4 Å². The fraction of sp³-hybridized carbons (Fsp3) is 0.368. The number of pyridine rings is 1. The lowest BCUT2D eigenvalue weighted by Gasteiger charge is -2.20. The van der Waals surface area contributed by atoms with Gasteiger partial charge in [0.2, 0.25) is 0 Å². The molecule has 1 spiro atoms. The van der Waals surface area contributed by atoms with Gasteiger partial charge in [-0.25, -0.2) is 4.98 Å². The maximum absolute atomic E-state index is 5.99. The third-order valence-electron chi connectivity index (χ3n) is 5.55. The van der Waals surface area contributed by atoms with E-state index in [0.717, 1.165) is 43.0 Å². The number of aromatic nitrogens is 5. The van der Waals surface area contributed by atoms with Crippen LogP contribution >= 0.6 is 0 Å². The van der Waals surface area contributed by atoms with Crippen LogP contribution in [-0.2, 0) is 18.6 Å². The van der Waals surface area contributed by atoms with Crippen molar-refractivity contribution in [1.82, 2.24) is 30.3 Å². The highest BCUT2D eigenvalue weighted by molar-refractivity contribution is 5.64. The number of ether oxygens (including phenoxy) is 1. The summed E-state index contributed by atoms with van der Waals surface area (Å²) in [7, 11) is 0. The third kappa shape index (κ3) is 2.82. The molecule has 2 aliphatic rings. The Morgan fingerprint density at radius 3 is 3.07 bits per heavy atom. The number of nitrogen functional groups attached to an aromatic ring is 1. The molecular formula is C19H21N7O. The van der Waals surface area contributed by atoms with Gasteiger partial charge in [-0.1, -0.05) is 0 Å². The van der Waals surface area contributed by atoms with Crippen molar-refractivity contribution in [2.24, 2.45) is 0 Å². The van der Waals surface area contributed by atoms with Gasteiger partial charge in [-0.05, 0) is 43.7 Å². The van der Waals surface area contributed by atoms with Crippen LogP contribution in [0.15, 0.2) is 36.7 Å². The Kier molecular flexibility index (Phi) is 3.78. The van der Waals surface area contributed by atoms with Crippen LogP contribution in [0, 0.1) is 0 Å². The molecule has 3 N–H and O–H groups in total. The average molecular weight is 363 g/mol. The number of anilines is 1. The molecule has 0 bridgehead atoms. The number of fused-ring (bicyclic) bond motifs is 2. The van der Waals surface area contributed by atoms with Crippen molar-refractivity contribution in [2.45, 2.75) is 31.4 Å². The summed E-state index contributed by atoms with van der Waals surface area (Å²) in [5.74, 6) is 0.884. The van der Waals surface area contributed by atoms with Gasteiger partial charge in [0.1, 0.15) is 12.3 Å². The summed E-state index contributed by atoms with van der Waals surface area (Å²) in [5, 5.41) is 16.2. The quantitative estimate of drug-likeness (QED) is 0.724. The minimum atomic E-state index is 0.234. The number of rotatable bonds is 4. The second-order valence-corrected chi connectivity index (χ2v) is 7.21. The summed E-state index contributed by atoms with van der Waals surface area (Å²) in [6, 6.07) is 7.77. The number of nitrogens with two attached hydrogens (primary N) is 1. The highest BCUT2D eigenvalue weighted by Gasteiger charge is 2.42. The van der Waals surface area contributed by atoms with E-state index in [1.165, 1.54) is 12.1 Å². The first-order valence-electron chi connectivity index (χ1n) is 9.18. The molecule has 0 saturated carbocycles. The second-order valence-electron chi connectivity index (χ2n) is 7.21. The molecule has 5 heterocycles. The monoisotopic (exact) mass is 363 g/mol. The molecule has 27 heavy (non-hydrogen) atoms. The van der Waals surface area contributed by atoms with E-state index in [2.05, 4.69) is 31.2 Å². The Hall–Kier alpha value is -3.00. The normalized spacial score (nSPS) is 20.9. The van der Waals surface area contributed by atoms with Crippen molar-refractivity contribution >= 4 is 5.82 Å². The van der Waals surface area contributed by atoms with Gasteiger partial charge in [0, 0.05) is 42.2 Å². The van der Waals surface area contributed by atoms with Crippen LogP contribution in [0.5, 0.6) is 5.75 Å². The minimum Gasteiger partial charge on any atom is -0.483 e. The van der Waals surface area contributed by atoms with E-state index in [-0.39, 0.29) is 12.0 Å². The maximum atomic E-state index is 5.99. The zero-order valence-electron chi connectivity index (χ0n) is 14.9. The lowest BCUT2D eigenvalue weighted by molar-refractivity contribution is 0.300. The van der Waals surface area contributed by atoms with E-state index < -0.39 is 0 Å². The first kappa shape index (κ1) is 16.2. The number of hydrogen-bond donors (Lipinski definition) is 2. The van der Waals surface area contributed by atoms with Crippen molar-refractivity contribution in [3.05, 3.63) is 48.0 Å². The van der Waals surface area contributed by atoms with Gasteiger partial charge in [-0.15, -0.1) is 0 Å². The fourth-order valence-electron chi connectivity index (χ4n) is 4.05. The number of nitrogens with zero attached hydrogens (tertiary/aromatic N) is 5. The van der Waals surface area contributed by atoms with Crippen molar-refractivity contribution in [3.8, 4) is 17.0 Å². The van der Waals surface area contributed by atoms with Crippen molar-refractivity contribution < 1.29 is 4.74 Å². The topological polar surface area (TPSA) is 104 Å². The first-order valence-corrected chi connectivity index (χ1v) is 9.18. The summed E-state index contributed by atoms with van der Waals surface area (Å²) in [4.78, 5) is 4.29. The van der Waals surface area contributed by atoms with Gasteiger partial charge in [0.05, 0.1) is 5.69 Å². The first-order chi connectivity index (χ1) is 13.2. The Morgan fingerprint density at radius 1 is 1.30 bits per heavy atom. The second kappa shape index (κ2) is 6.31. The molecule has 0 aliphatic carbocycles. The smallest absolute Gasteiger partial charge is 0.166 e. The molecule has 5 rings (SSSR count). The van der Waals surface area contributed by atoms with Crippen LogP contribution in [0.3, 0.4) is 0 Å². The molecule has 0 radical (unpaired) electrons. The molecule has 0 aromatic carbocycles. The summed E-state index contributed by atoms with van der Waals surface area (Å²) in [5.41, 5.74) is 10.1. The minimum absolute atomic E-state index is 0.234. The highest BCUT2D eigenvalue weighted by Crippen LogP contribution is 2.41. The van der Waals surface area contributed by atoms with Gasteiger partial charge in [0.25, 0.3) is 0 Å². The summed E-state index contributed by atoms with van der Waals surface area (Å²) in [6.45, 7) is 3.36. The standard InChI is InChI=1S/C19H21N7O/c20-18-16(27-11-14-2-1-5-23-24-14)8-13(10-22-18)15-9-17-19(3-6-21-12-19)4-7-26(17)25-15/h1-2,5,8-10,21H,3-4,6-7,11-12H2,(H2,20,22)/t19-/m1/s1. The van der Waals surface area contributed by atoms with E-state index in [9.17, 15) is 0 Å². The Bertz CT molecular complexity index is 963. The lowest BCUT2D eigenvalue weighted by atomic mass is 9.82. The van der Waals surface area contributed by atoms with Gasteiger partial charge in [-0.2, -0.15) is 15.3 Å². The van der Waals surface area contributed by atoms with Crippen molar-refractivity contribution in [3.63, 3.8) is 0 Å². The maximum Gasteiger partial charge on any atom is 0.166 e. The average Bonchev–Trinajstić information content (AvgIpc) is 3.41. The zero-order chi connectivity index (χ0) is 18.3. The predicted octanol–water partition coefficient (Wildman–Crippen LogP) is 1.53. The number of nitrogens with one attached hydrogen (secondary N) is 1. The van der Waals surface area contributed by atoms with Gasteiger partial charge < -0.3 is 15.8 Å². The Morgan fingerprint density at radius 2 is 2.26 bits per heavy atom. The van der Waals surface area contributed by atoms with E-state index in [0.29, 0.717) is 11.6 Å². The van der Waals surface area contributed by atoms with Gasteiger partial charge >= 0.3 is 0 Å². The molecule has 0 amide bonds. The molecular weight excluding hydrogens is 342 g/mol. The molecule has 1 atom stereocenters. The molecule has 1 saturated heterocycles. The predicted molar refractivity (Wildman–Crippen MR) is 100 cm³/mol. The van der Waals surface area contributed by atoms with E-state index >= 15 is 0 Å². The van der Waals surface area contributed by atoms with Crippen LogP contribution < -0.4 is 15.8 Å². The van der Waals surface area contributed by atoms with Crippen molar-refractivity contribution in [2.75, 3.05) is 18.8 Å². The molecule has 3 aromatic heterocycles. The molecule has 3 aromatic rings. The molecule has 0 unspecified atom stereocenters. The van der Waals surface area contributed by atoms with E-state index in [1.807, 2.05) is 18.2 Å². The Labute approximate surface area is 156 Å². The summed E-state index contributed by atoms with van der Waals surface area (Å²) in [6.07, 6.45) is 5.71. The van der Waals surface area contributed by atoms with Crippen LogP contribution in [0.25, 0.3) is 11.3 Å². The molecule has 8 nitrogen and oxygen atoms in total. The van der Waals surface area contributed by atoms with Crippen LogP contribution in [-0.4, -0.2) is 38.1 Å². The zero-order valence-corrected chi connectivity index (χ0v) is 14.9. The summed E-state index contributed by atoms with van der Waals surface area (Å²) < 4.78 is 7.96. The molecule has 138 valence electrons.